The fraction of sp³-hybridized carbons (Fsp3) is 0.577. The van der Waals surface area contributed by atoms with E-state index in [-0.39, 0.29) is 30.6 Å². The van der Waals surface area contributed by atoms with Crippen LogP contribution >= 0.6 is 0 Å². The van der Waals surface area contributed by atoms with E-state index < -0.39 is 0 Å². The van der Waals surface area contributed by atoms with E-state index in [1.807, 2.05) is 36.1 Å². The van der Waals surface area contributed by atoms with Crippen LogP contribution in [0.3, 0.4) is 0 Å². The summed E-state index contributed by atoms with van der Waals surface area (Å²) < 4.78 is 14.3. The van der Waals surface area contributed by atoms with Gasteiger partial charge in [-0.2, -0.15) is 5.10 Å². The van der Waals surface area contributed by atoms with Crippen molar-refractivity contribution >= 4 is 11.8 Å². The molecule has 8 nitrogen and oxygen atoms in total. The third-order valence-electron chi connectivity index (χ3n) is 6.64. The molecule has 1 aromatic heterocycles. The average molecular weight is 469 g/mol. The van der Waals surface area contributed by atoms with Crippen molar-refractivity contribution < 1.29 is 19.1 Å². The van der Waals surface area contributed by atoms with E-state index in [0.717, 1.165) is 32.2 Å². The van der Waals surface area contributed by atoms with Crippen LogP contribution in [0.5, 0.6) is 5.75 Å². The monoisotopic (exact) mass is 468 g/mol. The van der Waals surface area contributed by atoms with Gasteiger partial charge in [0.05, 0.1) is 18.7 Å². The molecule has 34 heavy (non-hydrogen) atoms. The van der Waals surface area contributed by atoms with Gasteiger partial charge in [-0.1, -0.05) is 37.8 Å². The van der Waals surface area contributed by atoms with Crippen LogP contribution < -0.4 is 4.74 Å². The summed E-state index contributed by atoms with van der Waals surface area (Å²) in [5.74, 6) is 0.529. The Hall–Kier alpha value is -2.87. The normalized spacial score (nSPS) is 22.7. The molecule has 0 radical (unpaired) electrons. The fourth-order valence-electron chi connectivity index (χ4n) is 4.68. The molecule has 1 saturated heterocycles. The Morgan fingerprint density at radius 1 is 1.03 bits per heavy atom. The van der Waals surface area contributed by atoms with Gasteiger partial charge in [0, 0.05) is 32.1 Å². The van der Waals surface area contributed by atoms with Crippen LogP contribution in [0, 0.1) is 0 Å². The summed E-state index contributed by atoms with van der Waals surface area (Å²) in [4.78, 5) is 29.9. The lowest BCUT2D eigenvalue weighted by atomic mass is 10.1. The third-order valence-corrected chi connectivity index (χ3v) is 6.64. The fourth-order valence-corrected chi connectivity index (χ4v) is 4.68. The van der Waals surface area contributed by atoms with E-state index >= 15 is 0 Å². The van der Waals surface area contributed by atoms with Crippen molar-refractivity contribution in [2.45, 2.75) is 64.2 Å². The number of hydrogen-bond donors (Lipinski definition) is 0. The standard InChI is InChI=1S/C26H36N4O4/c1-2-28-15-9-5-3-4-6-10-17-33-23-18-29(25(31)20-30-16-11-14-27-30)19-24(23)34-22-13-8-7-12-21(22)26(28)32/h7-8,11-14,16,23-24H,2-6,9-10,15,17-20H2,1H3/t23-,24-/m1/s1. The van der Waals surface area contributed by atoms with Gasteiger partial charge in [0.1, 0.15) is 24.5 Å². The zero-order chi connectivity index (χ0) is 23.8. The smallest absolute Gasteiger partial charge is 0.257 e. The van der Waals surface area contributed by atoms with Crippen molar-refractivity contribution in [1.82, 2.24) is 19.6 Å². The van der Waals surface area contributed by atoms with E-state index in [1.54, 1.807) is 28.0 Å². The molecule has 3 heterocycles. The molecule has 0 spiro atoms. The molecule has 2 aliphatic rings. The predicted octanol–water partition coefficient (Wildman–Crippen LogP) is 3.37. The second-order valence-corrected chi connectivity index (χ2v) is 9.07. The molecule has 0 N–H and O–H groups in total. The summed E-state index contributed by atoms with van der Waals surface area (Å²) in [6.07, 6.45) is 9.48. The van der Waals surface area contributed by atoms with E-state index in [9.17, 15) is 9.59 Å². The molecule has 1 aromatic carbocycles. The summed E-state index contributed by atoms with van der Waals surface area (Å²) in [5.41, 5.74) is 0.566. The van der Waals surface area contributed by atoms with Crippen molar-refractivity contribution in [3.8, 4) is 5.75 Å². The molecule has 0 aliphatic carbocycles. The minimum Gasteiger partial charge on any atom is -0.485 e. The second-order valence-electron chi connectivity index (χ2n) is 9.07. The van der Waals surface area contributed by atoms with Gasteiger partial charge in [-0.15, -0.1) is 0 Å². The molecule has 2 atom stereocenters. The molecule has 184 valence electrons. The van der Waals surface area contributed by atoms with Crippen LogP contribution in [0.25, 0.3) is 0 Å². The van der Waals surface area contributed by atoms with Gasteiger partial charge in [-0.25, -0.2) is 0 Å². The lowest BCUT2D eigenvalue weighted by Gasteiger charge is -2.25. The second kappa shape index (κ2) is 12.0. The average Bonchev–Trinajstić information content (AvgIpc) is 3.50. The van der Waals surface area contributed by atoms with Crippen LogP contribution in [-0.4, -0.2) is 76.4 Å². The first kappa shape index (κ1) is 24.3. The molecular weight excluding hydrogens is 432 g/mol. The highest BCUT2D eigenvalue weighted by atomic mass is 16.5. The molecule has 2 amide bonds. The van der Waals surface area contributed by atoms with Crippen LogP contribution in [0.4, 0.5) is 0 Å². The Bertz CT molecular complexity index is 933. The number of rotatable bonds is 3. The van der Waals surface area contributed by atoms with Gasteiger partial charge < -0.3 is 19.3 Å². The maximum atomic E-state index is 13.3. The van der Waals surface area contributed by atoms with Gasteiger partial charge >= 0.3 is 0 Å². The van der Waals surface area contributed by atoms with Crippen molar-refractivity contribution in [3.05, 3.63) is 48.3 Å². The Balaban J connectivity index is 1.53. The summed E-state index contributed by atoms with van der Waals surface area (Å²) >= 11 is 0. The number of para-hydroxylation sites is 1. The van der Waals surface area contributed by atoms with Gasteiger partial charge in [-0.05, 0) is 38.0 Å². The van der Waals surface area contributed by atoms with Crippen LogP contribution in [0.15, 0.2) is 42.7 Å². The SMILES string of the molecule is CCN1CCCCCCCCO[C@@H]2CN(C(=O)Cn3cccn3)C[C@H]2Oc2ccccc2C1=O. The zero-order valence-corrected chi connectivity index (χ0v) is 20.1. The molecule has 1 fully saturated rings. The maximum Gasteiger partial charge on any atom is 0.257 e. The van der Waals surface area contributed by atoms with E-state index in [2.05, 4.69) is 5.10 Å². The number of likely N-dealkylation sites (tertiary alicyclic amines) is 1. The number of fused-ring (bicyclic) bond motifs is 2. The maximum absolute atomic E-state index is 13.3. The first-order chi connectivity index (χ1) is 16.7. The first-order valence-electron chi connectivity index (χ1n) is 12.6. The number of carbonyl (C=O) groups is 2. The Morgan fingerprint density at radius 2 is 1.79 bits per heavy atom. The predicted molar refractivity (Wildman–Crippen MR) is 129 cm³/mol. The third kappa shape index (κ3) is 6.17. The number of benzene rings is 1. The van der Waals surface area contributed by atoms with Crippen LogP contribution in [-0.2, 0) is 16.1 Å². The Labute approximate surface area is 201 Å². The highest BCUT2D eigenvalue weighted by Crippen LogP contribution is 2.26. The highest BCUT2D eigenvalue weighted by Gasteiger charge is 2.38. The van der Waals surface area contributed by atoms with Crippen molar-refractivity contribution in [1.29, 1.82) is 0 Å². The zero-order valence-electron chi connectivity index (χ0n) is 20.1. The van der Waals surface area contributed by atoms with Crippen LogP contribution in [0.2, 0.25) is 0 Å². The summed E-state index contributed by atoms with van der Waals surface area (Å²) in [6.45, 7) is 5.17. The van der Waals surface area contributed by atoms with Gasteiger partial charge in [0.25, 0.3) is 5.91 Å². The lowest BCUT2D eigenvalue weighted by Crippen LogP contribution is -2.35. The molecule has 2 aliphatic heterocycles. The quantitative estimate of drug-likeness (QED) is 0.690. The number of hydrogen-bond acceptors (Lipinski definition) is 5. The molecule has 0 unspecified atom stereocenters. The number of aromatic nitrogens is 2. The molecule has 4 rings (SSSR count). The Morgan fingerprint density at radius 3 is 2.59 bits per heavy atom. The molecule has 8 heteroatoms. The van der Waals surface area contributed by atoms with Crippen molar-refractivity contribution in [2.24, 2.45) is 0 Å². The number of nitrogens with zero attached hydrogens (tertiary/aromatic N) is 4. The molecule has 2 aromatic rings. The van der Waals surface area contributed by atoms with Crippen molar-refractivity contribution in [3.63, 3.8) is 0 Å². The van der Waals surface area contributed by atoms with Gasteiger partial charge in [-0.3, -0.25) is 14.3 Å². The highest BCUT2D eigenvalue weighted by molar-refractivity contribution is 5.97. The van der Waals surface area contributed by atoms with E-state index in [4.69, 9.17) is 9.47 Å². The summed E-state index contributed by atoms with van der Waals surface area (Å²) in [7, 11) is 0. The summed E-state index contributed by atoms with van der Waals surface area (Å²) in [5, 5.41) is 4.14. The molecular formula is C26H36N4O4. The topological polar surface area (TPSA) is 76.9 Å². The largest absolute Gasteiger partial charge is 0.485 e. The molecule has 0 bridgehead atoms. The number of amides is 2. The first-order valence-corrected chi connectivity index (χ1v) is 12.6. The van der Waals surface area contributed by atoms with Crippen molar-refractivity contribution in [2.75, 3.05) is 32.8 Å². The van der Waals surface area contributed by atoms with Gasteiger partial charge in [0.15, 0.2) is 0 Å². The number of ether oxygens (including phenoxy) is 2. The molecule has 0 saturated carbocycles. The van der Waals surface area contributed by atoms with E-state index in [1.165, 1.54) is 12.8 Å². The number of carbonyl (C=O) groups excluding carboxylic acids is 2. The van der Waals surface area contributed by atoms with Crippen LogP contribution in [0.1, 0.15) is 55.8 Å². The minimum absolute atomic E-state index is 0.00715. The van der Waals surface area contributed by atoms with Gasteiger partial charge in [0.2, 0.25) is 5.91 Å². The van der Waals surface area contributed by atoms with E-state index in [0.29, 0.717) is 37.6 Å². The summed E-state index contributed by atoms with van der Waals surface area (Å²) in [6, 6.07) is 9.23. The lowest BCUT2D eigenvalue weighted by molar-refractivity contribution is -0.131. The Kier molecular flexibility index (Phi) is 8.57. The minimum atomic E-state index is -0.335.